The zero-order valence-corrected chi connectivity index (χ0v) is 11.8. The molecule has 0 bridgehead atoms. The van der Waals surface area contributed by atoms with Crippen molar-refractivity contribution in [1.29, 1.82) is 0 Å². The van der Waals surface area contributed by atoms with Crippen LogP contribution < -0.4 is 10.0 Å². The number of hydrogen-bond donors (Lipinski definition) is 3. The highest BCUT2D eigenvalue weighted by molar-refractivity contribution is 7.92. The number of aromatic nitrogens is 2. The first kappa shape index (κ1) is 14.1. The number of anilines is 2. The molecule has 2 rings (SSSR count). The van der Waals surface area contributed by atoms with Gasteiger partial charge in [-0.05, 0) is 24.6 Å². The van der Waals surface area contributed by atoms with Crippen LogP contribution in [0.25, 0.3) is 0 Å². The van der Waals surface area contributed by atoms with Crippen LogP contribution in [-0.4, -0.2) is 30.8 Å². The number of rotatable bonds is 4. The minimum absolute atomic E-state index is 0.344. The lowest BCUT2D eigenvalue weighted by Crippen LogP contribution is -2.15. The van der Waals surface area contributed by atoms with Crippen LogP contribution >= 0.6 is 0 Å². The number of nitrogens with zero attached hydrogens (tertiary/aromatic N) is 1. The highest BCUT2D eigenvalue weighted by atomic mass is 32.2. The molecule has 8 heteroatoms. The quantitative estimate of drug-likeness (QED) is 0.791. The van der Waals surface area contributed by atoms with E-state index in [4.69, 9.17) is 0 Å². The Morgan fingerprint density at radius 2 is 2.05 bits per heavy atom. The average molecular weight is 294 g/mol. The number of H-pyrrole nitrogens is 1. The number of aromatic amines is 1. The van der Waals surface area contributed by atoms with E-state index in [1.54, 1.807) is 25.1 Å². The van der Waals surface area contributed by atoms with Crippen molar-refractivity contribution in [2.24, 2.45) is 0 Å². The van der Waals surface area contributed by atoms with Crippen molar-refractivity contribution in [3.8, 4) is 0 Å². The van der Waals surface area contributed by atoms with Gasteiger partial charge in [0.15, 0.2) is 0 Å². The highest BCUT2D eigenvalue weighted by Gasteiger charge is 2.11. The van der Waals surface area contributed by atoms with E-state index < -0.39 is 10.0 Å². The van der Waals surface area contributed by atoms with Gasteiger partial charge in [-0.3, -0.25) is 14.6 Å². The third kappa shape index (κ3) is 3.58. The molecule has 106 valence electrons. The lowest BCUT2D eigenvalue weighted by molar-refractivity contribution is 0.102. The number of carbonyl (C=O) groups is 1. The summed E-state index contributed by atoms with van der Waals surface area (Å²) in [6, 6.07) is 6.40. The molecule has 0 aliphatic rings. The second-order valence-electron chi connectivity index (χ2n) is 4.33. The van der Waals surface area contributed by atoms with Crippen molar-refractivity contribution >= 4 is 27.4 Å². The Morgan fingerprint density at radius 3 is 2.65 bits per heavy atom. The molecule has 1 amide bonds. The number of amides is 1. The van der Waals surface area contributed by atoms with Gasteiger partial charge < -0.3 is 5.32 Å². The Hall–Kier alpha value is -2.35. The molecule has 0 saturated carbocycles. The Labute approximate surface area is 116 Å². The molecule has 0 aliphatic carbocycles. The summed E-state index contributed by atoms with van der Waals surface area (Å²) in [7, 11) is -3.39. The molecule has 20 heavy (non-hydrogen) atoms. The molecule has 1 aromatic heterocycles. The van der Waals surface area contributed by atoms with Gasteiger partial charge in [0.25, 0.3) is 5.91 Å². The van der Waals surface area contributed by atoms with Gasteiger partial charge >= 0.3 is 0 Å². The fourth-order valence-corrected chi connectivity index (χ4v) is 2.21. The smallest absolute Gasteiger partial charge is 0.256 e. The van der Waals surface area contributed by atoms with E-state index in [1.807, 2.05) is 0 Å². The second-order valence-corrected chi connectivity index (χ2v) is 6.08. The summed E-state index contributed by atoms with van der Waals surface area (Å²) in [5.74, 6) is 0.110. The second kappa shape index (κ2) is 5.33. The van der Waals surface area contributed by atoms with Crippen molar-refractivity contribution in [2.75, 3.05) is 16.3 Å². The number of sulfonamides is 1. The number of benzene rings is 1. The van der Waals surface area contributed by atoms with Crippen LogP contribution in [0.2, 0.25) is 0 Å². The van der Waals surface area contributed by atoms with Crippen molar-refractivity contribution in [2.45, 2.75) is 6.92 Å². The topological polar surface area (TPSA) is 104 Å². The van der Waals surface area contributed by atoms with Crippen LogP contribution in [-0.2, 0) is 10.0 Å². The van der Waals surface area contributed by atoms with Crippen LogP contribution in [0.15, 0.2) is 30.5 Å². The first-order valence-electron chi connectivity index (χ1n) is 5.74. The summed E-state index contributed by atoms with van der Waals surface area (Å²) in [6.07, 6.45) is 2.57. The minimum atomic E-state index is -3.39. The monoisotopic (exact) mass is 294 g/mol. The summed E-state index contributed by atoms with van der Waals surface area (Å²) in [6.45, 7) is 1.75. The third-order valence-electron chi connectivity index (χ3n) is 2.54. The number of nitrogens with one attached hydrogen (secondary N) is 3. The van der Waals surface area contributed by atoms with Crippen LogP contribution in [0.1, 0.15) is 15.9 Å². The summed E-state index contributed by atoms with van der Waals surface area (Å²) >= 11 is 0. The average Bonchev–Trinajstić information content (AvgIpc) is 2.83. The lowest BCUT2D eigenvalue weighted by Gasteiger charge is -2.10. The fourth-order valence-electron chi connectivity index (χ4n) is 1.59. The first-order chi connectivity index (χ1) is 9.35. The van der Waals surface area contributed by atoms with Gasteiger partial charge in [0, 0.05) is 11.6 Å². The molecule has 0 atom stereocenters. The molecule has 2 aromatic rings. The van der Waals surface area contributed by atoms with Crippen molar-refractivity contribution in [3.63, 3.8) is 0 Å². The number of carbonyl (C=O) groups excluding carboxylic acids is 1. The van der Waals surface area contributed by atoms with Gasteiger partial charge in [0.05, 0.1) is 18.1 Å². The Bertz CT molecular complexity index is 723. The summed E-state index contributed by atoms with van der Waals surface area (Å²) in [5.41, 5.74) is 1.45. The van der Waals surface area contributed by atoms with Gasteiger partial charge in [0.1, 0.15) is 5.82 Å². The lowest BCUT2D eigenvalue weighted by atomic mass is 10.1. The Kier molecular flexibility index (Phi) is 3.75. The predicted molar refractivity (Wildman–Crippen MR) is 76.2 cm³/mol. The van der Waals surface area contributed by atoms with E-state index >= 15 is 0 Å². The molecule has 7 nitrogen and oxygen atoms in total. The normalized spacial score (nSPS) is 11.1. The summed E-state index contributed by atoms with van der Waals surface area (Å²) in [5, 5.41) is 8.94. The molecule has 1 aromatic carbocycles. The first-order valence-corrected chi connectivity index (χ1v) is 7.63. The van der Waals surface area contributed by atoms with Crippen LogP contribution in [0.3, 0.4) is 0 Å². The van der Waals surface area contributed by atoms with Crippen molar-refractivity contribution < 1.29 is 13.2 Å². The molecule has 0 saturated heterocycles. The maximum Gasteiger partial charge on any atom is 0.256 e. The van der Waals surface area contributed by atoms with E-state index in [2.05, 4.69) is 20.2 Å². The molecule has 0 radical (unpaired) electrons. The SMILES string of the molecule is Cc1ccc(C(=O)Nc2ccn[nH]2)cc1NS(C)(=O)=O. The largest absolute Gasteiger partial charge is 0.307 e. The fraction of sp³-hybridized carbons (Fsp3) is 0.167. The van der Waals surface area contributed by atoms with E-state index in [0.29, 0.717) is 17.1 Å². The van der Waals surface area contributed by atoms with Gasteiger partial charge in [-0.2, -0.15) is 5.10 Å². The zero-order valence-electron chi connectivity index (χ0n) is 11.0. The molecule has 0 aliphatic heterocycles. The maximum atomic E-state index is 12.0. The molecule has 0 unspecified atom stereocenters. The maximum absolute atomic E-state index is 12.0. The standard InChI is InChI=1S/C12H14N4O3S/c1-8-3-4-9(7-10(8)16-20(2,18)19)12(17)14-11-5-6-13-15-11/h3-7,16H,1-2H3,(H2,13,14,15,17). The van der Waals surface area contributed by atoms with Gasteiger partial charge in [-0.15, -0.1) is 0 Å². The van der Waals surface area contributed by atoms with Gasteiger partial charge in [-0.1, -0.05) is 6.07 Å². The minimum Gasteiger partial charge on any atom is -0.307 e. The molecule has 0 fully saturated rings. The van der Waals surface area contributed by atoms with E-state index in [-0.39, 0.29) is 5.91 Å². The third-order valence-corrected chi connectivity index (χ3v) is 3.13. The van der Waals surface area contributed by atoms with Crippen molar-refractivity contribution in [3.05, 3.63) is 41.6 Å². The van der Waals surface area contributed by atoms with Crippen LogP contribution in [0.4, 0.5) is 11.5 Å². The van der Waals surface area contributed by atoms with E-state index in [9.17, 15) is 13.2 Å². The Morgan fingerprint density at radius 1 is 1.30 bits per heavy atom. The van der Waals surface area contributed by atoms with Crippen LogP contribution in [0.5, 0.6) is 0 Å². The summed E-state index contributed by atoms with van der Waals surface area (Å²) in [4.78, 5) is 12.0. The molecule has 3 N–H and O–H groups in total. The number of hydrogen-bond acceptors (Lipinski definition) is 4. The molecular weight excluding hydrogens is 280 g/mol. The predicted octanol–water partition coefficient (Wildman–Crippen LogP) is 1.34. The zero-order chi connectivity index (χ0) is 14.8. The van der Waals surface area contributed by atoms with Crippen molar-refractivity contribution in [1.82, 2.24) is 10.2 Å². The molecule has 1 heterocycles. The molecule has 0 spiro atoms. The molecular formula is C12H14N4O3S. The summed E-state index contributed by atoms with van der Waals surface area (Å²) < 4.78 is 24.9. The van der Waals surface area contributed by atoms with E-state index in [0.717, 1.165) is 11.8 Å². The number of aryl methyl sites for hydroxylation is 1. The highest BCUT2D eigenvalue weighted by Crippen LogP contribution is 2.18. The van der Waals surface area contributed by atoms with E-state index in [1.165, 1.54) is 12.3 Å². The Balaban J connectivity index is 2.24. The van der Waals surface area contributed by atoms with Crippen LogP contribution in [0, 0.1) is 6.92 Å². The van der Waals surface area contributed by atoms with Gasteiger partial charge in [-0.25, -0.2) is 8.42 Å². The van der Waals surface area contributed by atoms with Gasteiger partial charge in [0.2, 0.25) is 10.0 Å².